The first-order chi connectivity index (χ1) is 28.0. The number of carboxylic acid groups (broad SMARTS) is 2. The van der Waals surface area contributed by atoms with E-state index in [4.69, 9.17) is 10.2 Å². The quantitative estimate of drug-likeness (QED) is 0.0599. The van der Waals surface area contributed by atoms with Crippen molar-refractivity contribution in [3.63, 3.8) is 0 Å². The van der Waals surface area contributed by atoms with Crippen LogP contribution in [0.2, 0.25) is 0 Å². The third kappa shape index (κ3) is 44.7. The van der Waals surface area contributed by atoms with Crippen molar-refractivity contribution in [1.29, 1.82) is 0 Å². The smallest absolute Gasteiger partial charge is 0.303 e. The van der Waals surface area contributed by atoms with Crippen LogP contribution in [0.25, 0.3) is 0 Å². The van der Waals surface area contributed by atoms with Crippen molar-refractivity contribution in [3.05, 3.63) is 0 Å². The average molecular weight is 825 g/mol. The van der Waals surface area contributed by atoms with Crippen LogP contribution < -0.4 is 0 Å². The summed E-state index contributed by atoms with van der Waals surface area (Å²) in [4.78, 5) is 21.7. The SMILES string of the molecule is CCCCCCCCCCCCCCCCS(CCCCCCCCCCCCCCCC)(CCCCCCCCCC(=O)O)CCCCCCCCCC(=O)O. The van der Waals surface area contributed by atoms with E-state index < -0.39 is 22.0 Å². The van der Waals surface area contributed by atoms with Crippen LogP contribution in [0.15, 0.2) is 0 Å². The van der Waals surface area contributed by atoms with Crippen LogP contribution in [0, 0.1) is 0 Å². The summed E-state index contributed by atoms with van der Waals surface area (Å²) < 4.78 is 0. The molecule has 0 heterocycles. The Morgan fingerprint density at radius 3 is 0.596 bits per heavy atom. The van der Waals surface area contributed by atoms with Gasteiger partial charge in [-0.1, -0.05) is 245 Å². The monoisotopic (exact) mass is 825 g/mol. The van der Waals surface area contributed by atoms with E-state index in [1.807, 2.05) is 0 Å². The summed E-state index contributed by atoms with van der Waals surface area (Å²) in [5, 5.41) is 17.9. The molecule has 5 heteroatoms. The zero-order valence-electron chi connectivity index (χ0n) is 39.1. The van der Waals surface area contributed by atoms with Crippen LogP contribution in [0.4, 0.5) is 0 Å². The molecule has 0 spiro atoms. The van der Waals surface area contributed by atoms with E-state index in [0.717, 1.165) is 25.7 Å². The van der Waals surface area contributed by atoms with Crippen molar-refractivity contribution in [1.82, 2.24) is 0 Å². The summed E-state index contributed by atoms with van der Waals surface area (Å²) in [5.41, 5.74) is 0. The first kappa shape index (κ1) is 56.3. The van der Waals surface area contributed by atoms with Gasteiger partial charge < -0.3 is 10.2 Å². The Morgan fingerprint density at radius 1 is 0.263 bits per heavy atom. The maximum atomic E-state index is 10.9. The fourth-order valence-electron chi connectivity index (χ4n) is 8.95. The van der Waals surface area contributed by atoms with Crippen molar-refractivity contribution in [2.24, 2.45) is 0 Å². The van der Waals surface area contributed by atoms with Gasteiger partial charge in [0.15, 0.2) is 0 Å². The van der Waals surface area contributed by atoms with Gasteiger partial charge in [-0.15, -0.1) is 0 Å². The normalized spacial score (nSPS) is 12.1. The molecule has 0 aliphatic heterocycles. The topological polar surface area (TPSA) is 74.6 Å². The van der Waals surface area contributed by atoms with Crippen LogP contribution in [0.5, 0.6) is 0 Å². The molecule has 0 saturated heterocycles. The summed E-state index contributed by atoms with van der Waals surface area (Å²) in [7, 11) is -0.581. The van der Waals surface area contributed by atoms with Gasteiger partial charge in [0.1, 0.15) is 0 Å². The maximum Gasteiger partial charge on any atom is 0.303 e. The van der Waals surface area contributed by atoms with Crippen LogP contribution in [0.3, 0.4) is 0 Å². The van der Waals surface area contributed by atoms with E-state index in [9.17, 15) is 9.59 Å². The summed E-state index contributed by atoms with van der Waals surface area (Å²) in [6, 6.07) is 0. The predicted molar refractivity (Wildman–Crippen MR) is 257 cm³/mol. The molecule has 4 nitrogen and oxygen atoms in total. The molecule has 0 unspecified atom stereocenters. The minimum atomic E-state index is -0.650. The molecule has 0 aromatic carbocycles. The highest BCUT2D eigenvalue weighted by molar-refractivity contribution is 8.33. The molecule has 0 radical (unpaired) electrons. The van der Waals surface area contributed by atoms with Crippen molar-refractivity contribution < 1.29 is 19.8 Å². The number of carboxylic acids is 2. The van der Waals surface area contributed by atoms with Crippen molar-refractivity contribution in [3.8, 4) is 0 Å². The Labute approximate surface area is 359 Å². The van der Waals surface area contributed by atoms with Gasteiger partial charge >= 0.3 is 11.9 Å². The standard InChI is InChI=1S/C52H104O4S/c1-3-5-7-9-11-13-15-17-19-21-23-29-35-41-47-57(49-43-37-31-25-27-33-39-45-51(53)54,50-44-38-32-26-28-34-40-46-52(55)56)48-42-36-30-24-22-20-18-16-14-12-10-8-6-4-2/h3-50H2,1-2H3,(H,53,54)(H,55,56). The molecule has 0 atom stereocenters. The summed E-state index contributed by atoms with van der Waals surface area (Å²) in [6.45, 7) is 4.61. The van der Waals surface area contributed by atoms with Crippen LogP contribution in [0.1, 0.15) is 296 Å². The second-order valence-corrected chi connectivity index (χ2v) is 22.6. The van der Waals surface area contributed by atoms with Gasteiger partial charge in [-0.25, -0.2) is 10.0 Å². The van der Waals surface area contributed by atoms with Gasteiger partial charge in [0.25, 0.3) is 0 Å². The summed E-state index contributed by atoms with van der Waals surface area (Å²) in [6.07, 6.45) is 57.8. The first-order valence-electron chi connectivity index (χ1n) is 26.1. The Balaban J connectivity index is 4.88. The number of hydrogen-bond donors (Lipinski definition) is 2. The fourth-order valence-corrected chi connectivity index (χ4v) is 13.4. The lowest BCUT2D eigenvalue weighted by Crippen LogP contribution is -2.18. The highest BCUT2D eigenvalue weighted by atomic mass is 32.3. The fraction of sp³-hybridized carbons (Fsp3) is 0.962. The number of hydrogen-bond acceptors (Lipinski definition) is 2. The Hall–Kier alpha value is -0.710. The Bertz CT molecular complexity index is 750. The second-order valence-electron chi connectivity index (χ2n) is 18.5. The van der Waals surface area contributed by atoms with Gasteiger partial charge in [0.2, 0.25) is 0 Å². The van der Waals surface area contributed by atoms with E-state index in [1.54, 1.807) is 0 Å². The van der Waals surface area contributed by atoms with Crippen molar-refractivity contribution in [2.45, 2.75) is 296 Å². The third-order valence-corrected chi connectivity index (χ3v) is 17.4. The largest absolute Gasteiger partial charge is 0.481 e. The molecule has 2 N–H and O–H groups in total. The van der Waals surface area contributed by atoms with Crippen LogP contribution >= 0.6 is 10.0 Å². The number of unbranched alkanes of at least 4 members (excludes halogenated alkanes) is 38. The van der Waals surface area contributed by atoms with Gasteiger partial charge in [-0.05, 0) is 61.5 Å². The van der Waals surface area contributed by atoms with E-state index in [0.29, 0.717) is 12.8 Å². The molecule has 0 aromatic heterocycles. The van der Waals surface area contributed by atoms with Gasteiger partial charge in [0.05, 0.1) is 0 Å². The van der Waals surface area contributed by atoms with Crippen molar-refractivity contribution >= 4 is 22.0 Å². The third-order valence-electron chi connectivity index (χ3n) is 12.8. The molecule has 57 heavy (non-hydrogen) atoms. The van der Waals surface area contributed by atoms with Crippen molar-refractivity contribution in [2.75, 3.05) is 23.0 Å². The maximum absolute atomic E-state index is 10.9. The minimum absolute atomic E-state index is 0.328. The second kappa shape index (κ2) is 46.4. The number of rotatable bonds is 50. The van der Waals surface area contributed by atoms with Crippen LogP contribution in [-0.2, 0) is 9.59 Å². The molecular formula is C52H104O4S. The van der Waals surface area contributed by atoms with E-state index >= 15 is 0 Å². The molecule has 0 bridgehead atoms. The van der Waals surface area contributed by atoms with Gasteiger partial charge in [-0.3, -0.25) is 9.59 Å². The summed E-state index contributed by atoms with van der Waals surface area (Å²) in [5.74, 6) is 4.74. The van der Waals surface area contributed by atoms with Crippen LogP contribution in [-0.4, -0.2) is 45.2 Å². The molecule has 0 aliphatic rings. The molecule has 0 amide bonds. The zero-order chi connectivity index (χ0) is 41.6. The summed E-state index contributed by atoms with van der Waals surface area (Å²) >= 11 is 0. The highest BCUT2D eigenvalue weighted by Gasteiger charge is 2.23. The van der Waals surface area contributed by atoms with Gasteiger partial charge in [-0.2, -0.15) is 0 Å². The lowest BCUT2D eigenvalue weighted by atomic mass is 10.0. The molecule has 342 valence electrons. The lowest BCUT2D eigenvalue weighted by molar-refractivity contribution is -0.138. The first-order valence-corrected chi connectivity index (χ1v) is 28.4. The van der Waals surface area contributed by atoms with E-state index in [-0.39, 0.29) is 0 Å². The molecule has 0 aliphatic carbocycles. The van der Waals surface area contributed by atoms with E-state index in [1.165, 1.54) is 267 Å². The number of aliphatic carboxylic acids is 2. The molecule has 0 rings (SSSR count). The molecule has 0 fully saturated rings. The lowest BCUT2D eigenvalue weighted by Gasteiger charge is -2.41. The molecular weight excluding hydrogens is 721 g/mol. The molecule has 0 saturated carbocycles. The zero-order valence-corrected chi connectivity index (χ0v) is 39.9. The highest BCUT2D eigenvalue weighted by Crippen LogP contribution is 2.51. The predicted octanol–water partition coefficient (Wildman–Crippen LogP) is 18.2. The minimum Gasteiger partial charge on any atom is -0.481 e. The Morgan fingerprint density at radius 2 is 0.421 bits per heavy atom. The number of carbonyl (C=O) groups is 2. The molecule has 0 aromatic rings. The van der Waals surface area contributed by atoms with Gasteiger partial charge in [0, 0.05) is 12.8 Å². The van der Waals surface area contributed by atoms with E-state index in [2.05, 4.69) is 13.8 Å². The Kier molecular flexibility index (Phi) is 45.8. The average Bonchev–Trinajstić information content (AvgIpc) is 3.19.